The second-order valence-electron chi connectivity index (χ2n) is 26.1. The van der Waals surface area contributed by atoms with Crippen molar-refractivity contribution in [3.8, 4) is 0 Å². The Morgan fingerprint density at radius 3 is 1.14 bits per heavy atom. The number of amides is 4. The zero-order chi connectivity index (χ0) is 76.6. The molecule has 8 fully saturated rings. The van der Waals surface area contributed by atoms with Crippen LogP contribution in [-0.4, -0.2) is 447 Å². The molecule has 104 heavy (non-hydrogen) atoms. The Bertz CT molecular complexity index is 2680. The predicted molar refractivity (Wildman–Crippen MR) is 322 cm³/mol. The van der Waals surface area contributed by atoms with Gasteiger partial charge in [0.15, 0.2) is 50.3 Å². The first-order valence-electron chi connectivity index (χ1n) is 33.2. The minimum atomic E-state index is -2.45. The van der Waals surface area contributed by atoms with Crippen LogP contribution in [0, 0.1) is 0 Å². The van der Waals surface area contributed by atoms with Crippen molar-refractivity contribution in [3.63, 3.8) is 0 Å². The molecule has 8 aliphatic rings. The van der Waals surface area contributed by atoms with Crippen molar-refractivity contribution < 1.29 is 207 Å². The fraction of sp³-hybridized carbons (Fsp3) is 0.931. The molecule has 8 rings (SSSR count). The standard InChI is InChI=1S/C58H98N4O42/c1-15-30(74)38(82)41(85)55(91-15)104-50-39(83)32(76)21(7-65)94-58(50)101-46-24(10-68)96-53(29(37(46)81)62-18(4)73)103-49-34(78)26(13-90-51-27(60-16(2)71)35(79)31(75)20(6-64)92-51)98-57(44(49)88)99-45-23(9-67)95-52(28(36(45)80)61-17(3)72)102-48-33(77)22(8-66)93-56(43(48)87)100-47-25(11-69)97-54(42(86)40(47)84)89-12-19(5-63)59-14-70/h14-15,19-58,63-69,74-88H,5-13H2,1-4H3,(H,59,70)(H,60,71)(H,61,72)(H,62,73)/t15-,19+,20+,21+,22+,23+,24+,25+,26+,27+,28+,29+,30+,31+,32-,33-,34-,35+,36+,37+,38+,39-,40+,41-,42+,43+,44+,45+,46+,47+,48-,49-,50+,51+,52-,53-,54+,55-,56-,57-,58-/m0/s1. The van der Waals surface area contributed by atoms with Crippen molar-refractivity contribution in [1.82, 2.24) is 21.3 Å². The van der Waals surface area contributed by atoms with Crippen LogP contribution in [0.4, 0.5) is 0 Å². The van der Waals surface area contributed by atoms with Gasteiger partial charge in [0, 0.05) is 20.8 Å². The third-order valence-electron chi connectivity index (χ3n) is 18.8. The first-order valence-corrected chi connectivity index (χ1v) is 33.2. The van der Waals surface area contributed by atoms with Gasteiger partial charge in [-0.1, -0.05) is 0 Å². The van der Waals surface area contributed by atoms with E-state index in [9.17, 15) is 132 Å². The molecule has 8 heterocycles. The van der Waals surface area contributed by atoms with Gasteiger partial charge in [-0.25, -0.2) is 0 Å². The second kappa shape index (κ2) is 38.3. The lowest BCUT2D eigenvalue weighted by Gasteiger charge is -2.51. The highest BCUT2D eigenvalue weighted by Gasteiger charge is 2.60. The van der Waals surface area contributed by atoms with Crippen molar-refractivity contribution in [2.75, 3.05) is 59.5 Å². The number of carbonyl (C=O) groups is 4. The normalized spacial score (nSPS) is 47.6. The maximum atomic E-state index is 13.1. The van der Waals surface area contributed by atoms with Crippen molar-refractivity contribution in [2.45, 2.75) is 279 Å². The molecule has 602 valence electrons. The number of rotatable bonds is 30. The zero-order valence-corrected chi connectivity index (χ0v) is 56.1. The van der Waals surface area contributed by atoms with Gasteiger partial charge in [0.05, 0.1) is 71.6 Å². The first-order chi connectivity index (χ1) is 49.3. The largest absolute Gasteiger partial charge is 0.394 e. The van der Waals surface area contributed by atoms with E-state index >= 15 is 0 Å². The molecular weight excluding hydrogens is 1420 g/mol. The number of aliphatic hydroxyl groups excluding tert-OH is 22. The zero-order valence-electron chi connectivity index (χ0n) is 56.1. The average molecular weight is 1520 g/mol. The molecule has 8 aliphatic heterocycles. The van der Waals surface area contributed by atoms with Gasteiger partial charge in [-0.05, 0) is 6.92 Å². The number of hydrogen-bond acceptors (Lipinski definition) is 42. The summed E-state index contributed by atoms with van der Waals surface area (Å²) in [5, 5.41) is 252. The summed E-state index contributed by atoms with van der Waals surface area (Å²) >= 11 is 0. The maximum absolute atomic E-state index is 13.1. The first kappa shape index (κ1) is 86.0. The summed E-state index contributed by atoms with van der Waals surface area (Å²) in [6.07, 6.45) is -73.0. The molecule has 0 radical (unpaired) electrons. The van der Waals surface area contributed by atoms with E-state index in [4.69, 9.17) is 75.8 Å². The van der Waals surface area contributed by atoms with E-state index in [1.54, 1.807) is 0 Å². The van der Waals surface area contributed by atoms with Gasteiger partial charge in [-0.15, -0.1) is 0 Å². The fourth-order valence-electron chi connectivity index (χ4n) is 13.1. The Morgan fingerprint density at radius 1 is 0.337 bits per heavy atom. The van der Waals surface area contributed by atoms with Crippen molar-refractivity contribution in [3.05, 3.63) is 0 Å². The Balaban J connectivity index is 1.07. The molecule has 0 aromatic heterocycles. The second-order valence-corrected chi connectivity index (χ2v) is 26.1. The molecule has 4 amide bonds. The highest BCUT2D eigenvalue weighted by atomic mass is 16.8. The molecule has 0 aromatic rings. The fourth-order valence-corrected chi connectivity index (χ4v) is 13.1. The third kappa shape index (κ3) is 19.4. The molecule has 46 nitrogen and oxygen atoms in total. The molecule has 46 heteroatoms. The monoisotopic (exact) mass is 1520 g/mol. The summed E-state index contributed by atoms with van der Waals surface area (Å²) in [6, 6.07) is -6.57. The van der Waals surface area contributed by atoms with Crippen LogP contribution in [-0.2, 0) is 95.0 Å². The maximum Gasteiger partial charge on any atom is 0.217 e. The molecule has 0 saturated carbocycles. The van der Waals surface area contributed by atoms with Gasteiger partial charge in [-0.3, -0.25) is 19.2 Å². The topological polar surface area (TPSA) is 709 Å². The highest BCUT2D eigenvalue weighted by molar-refractivity contribution is 5.74. The van der Waals surface area contributed by atoms with Crippen LogP contribution >= 0.6 is 0 Å². The van der Waals surface area contributed by atoms with Crippen LogP contribution in [0.25, 0.3) is 0 Å². The SMILES string of the molecule is CC(=O)N[C@H]1[C@H](O[C@H]2[C@@H](O)[C@@H](CO)O[C@@H](O[C@H]3[C@H](O)[C@@H](O)[C@H](OC[C@@H](CO)NC=O)O[C@@H]3CO)[C@@H]2O)O[C@H](CO)[C@@H](O[C@@H]2O[C@H](CO[C@@H]3O[C@H](CO)[C@@H](O)[C@H](O)[C@H]3NC(C)=O)[C@H](O)[C@H](O[C@@H]3O[C@H](CO)[C@@H](O[C@@H]4O[C@H](CO)[C@H](O)[C@H](O)[C@H]4O[C@@H]4O[C@@H](C)[C@@H](O)[C@@H](O)[C@@H]4O)[C@H](O)[C@H]3NC(C)=O)[C@H]2O)[C@@H]1O. The molecular formula is C58H98N4O42. The smallest absolute Gasteiger partial charge is 0.217 e. The lowest BCUT2D eigenvalue weighted by Crippen LogP contribution is -2.71. The van der Waals surface area contributed by atoms with Gasteiger partial charge in [0.2, 0.25) is 24.1 Å². The number of aliphatic hydroxyl groups is 22. The van der Waals surface area contributed by atoms with Gasteiger partial charge < -0.3 is 209 Å². The van der Waals surface area contributed by atoms with E-state index < -0.39 is 329 Å². The molecule has 0 aliphatic carbocycles. The van der Waals surface area contributed by atoms with E-state index in [1.165, 1.54) is 6.92 Å². The molecule has 0 aromatic carbocycles. The van der Waals surface area contributed by atoms with E-state index in [2.05, 4.69) is 21.3 Å². The molecule has 0 spiro atoms. The number of carbonyl (C=O) groups excluding carboxylic acids is 4. The lowest BCUT2D eigenvalue weighted by molar-refractivity contribution is -0.393. The molecule has 41 atom stereocenters. The summed E-state index contributed by atoms with van der Waals surface area (Å²) in [5.41, 5.74) is 0. The minimum Gasteiger partial charge on any atom is -0.394 e. The summed E-state index contributed by atoms with van der Waals surface area (Å²) in [4.78, 5) is 49.4. The predicted octanol–water partition coefficient (Wildman–Crippen LogP) is -17.9. The van der Waals surface area contributed by atoms with E-state index in [1.807, 2.05) is 0 Å². The average Bonchev–Trinajstić information content (AvgIpc) is 0.770. The van der Waals surface area contributed by atoms with Crippen LogP contribution in [0.3, 0.4) is 0 Å². The third-order valence-corrected chi connectivity index (χ3v) is 18.8. The Hall–Kier alpha value is -3.64. The van der Waals surface area contributed by atoms with E-state index in [0.29, 0.717) is 0 Å². The summed E-state index contributed by atoms with van der Waals surface area (Å²) < 4.78 is 93.9. The number of hydrogen-bond donors (Lipinski definition) is 26. The highest BCUT2D eigenvalue weighted by Crippen LogP contribution is 2.39. The molecule has 26 N–H and O–H groups in total. The minimum absolute atomic E-state index is 0.256. The Labute approximate surface area is 590 Å². The lowest BCUT2D eigenvalue weighted by atomic mass is 9.93. The van der Waals surface area contributed by atoms with Gasteiger partial charge in [0.1, 0.15) is 189 Å². The van der Waals surface area contributed by atoms with Crippen LogP contribution < -0.4 is 21.3 Å². The van der Waals surface area contributed by atoms with Crippen molar-refractivity contribution in [2.24, 2.45) is 0 Å². The summed E-state index contributed by atoms with van der Waals surface area (Å²) in [5.74, 6) is -2.71. The van der Waals surface area contributed by atoms with Gasteiger partial charge in [0.25, 0.3) is 0 Å². The summed E-state index contributed by atoms with van der Waals surface area (Å²) in [6.45, 7) is -4.26. The van der Waals surface area contributed by atoms with Crippen LogP contribution in [0.2, 0.25) is 0 Å². The van der Waals surface area contributed by atoms with E-state index in [-0.39, 0.29) is 6.41 Å². The molecule has 0 unspecified atom stereocenters. The van der Waals surface area contributed by atoms with Crippen molar-refractivity contribution >= 4 is 24.1 Å². The Morgan fingerprint density at radius 2 is 0.683 bits per heavy atom. The van der Waals surface area contributed by atoms with Crippen LogP contribution in [0.1, 0.15) is 27.7 Å². The van der Waals surface area contributed by atoms with Crippen LogP contribution in [0.15, 0.2) is 0 Å². The van der Waals surface area contributed by atoms with Crippen LogP contribution in [0.5, 0.6) is 0 Å². The number of nitrogens with one attached hydrogen (secondary N) is 4. The van der Waals surface area contributed by atoms with Crippen molar-refractivity contribution in [1.29, 1.82) is 0 Å². The summed E-state index contributed by atoms with van der Waals surface area (Å²) in [7, 11) is 0. The number of ether oxygens (including phenoxy) is 16. The van der Waals surface area contributed by atoms with Gasteiger partial charge >= 0.3 is 0 Å². The van der Waals surface area contributed by atoms with Gasteiger partial charge in [-0.2, -0.15) is 0 Å². The molecule has 0 bridgehead atoms. The molecule has 8 saturated heterocycles. The quantitative estimate of drug-likeness (QED) is 0.0297. The van der Waals surface area contributed by atoms with E-state index in [0.717, 1.165) is 20.8 Å². The Kier molecular flexibility index (Phi) is 31.7.